The highest BCUT2D eigenvalue weighted by atomic mass is 32.2. The van der Waals surface area contributed by atoms with E-state index in [1.54, 1.807) is 23.7 Å². The summed E-state index contributed by atoms with van der Waals surface area (Å²) in [5, 5.41) is 0. The normalized spacial score (nSPS) is 16.1. The van der Waals surface area contributed by atoms with Gasteiger partial charge in [-0.05, 0) is 18.2 Å². The molecule has 1 radical (unpaired) electrons. The highest BCUT2D eigenvalue weighted by molar-refractivity contribution is 8.00. The van der Waals surface area contributed by atoms with Gasteiger partial charge in [0.2, 0.25) is 5.91 Å². The number of hydrogen-bond acceptors (Lipinski definition) is 2. The van der Waals surface area contributed by atoms with Gasteiger partial charge in [0.1, 0.15) is 0 Å². The monoisotopic (exact) mass is 178 g/mol. The fourth-order valence-electron chi connectivity index (χ4n) is 1.16. The quantitative estimate of drug-likeness (QED) is 0.601. The fourth-order valence-corrected chi connectivity index (χ4v) is 2.14. The number of anilines is 1. The number of hydrogen-bond donors (Lipinski definition) is 0. The molecule has 0 N–H and O–H groups in total. The maximum Gasteiger partial charge on any atom is 0.237 e. The van der Waals surface area contributed by atoms with Gasteiger partial charge in [-0.1, -0.05) is 6.07 Å². The van der Waals surface area contributed by atoms with Crippen LogP contribution in [0.5, 0.6) is 0 Å². The van der Waals surface area contributed by atoms with Crippen molar-refractivity contribution in [2.45, 2.75) is 4.90 Å². The molecule has 0 atom stereocenters. The number of nitrogens with zero attached hydrogens (tertiary/aromatic N) is 1. The molecule has 0 saturated carbocycles. The van der Waals surface area contributed by atoms with Gasteiger partial charge in [0, 0.05) is 11.9 Å². The molecule has 0 unspecified atom stereocenters. The van der Waals surface area contributed by atoms with Gasteiger partial charge < -0.3 is 4.90 Å². The maximum absolute atomic E-state index is 11.2. The van der Waals surface area contributed by atoms with E-state index in [9.17, 15) is 4.79 Å². The molecular formula is C9H8NOS. The van der Waals surface area contributed by atoms with Crippen molar-refractivity contribution in [1.82, 2.24) is 0 Å². The lowest BCUT2D eigenvalue weighted by Crippen LogP contribution is -2.31. The van der Waals surface area contributed by atoms with Crippen molar-refractivity contribution < 1.29 is 4.79 Å². The van der Waals surface area contributed by atoms with E-state index in [0.29, 0.717) is 5.75 Å². The van der Waals surface area contributed by atoms with Crippen molar-refractivity contribution in [1.29, 1.82) is 0 Å². The average Bonchev–Trinajstić information content (AvgIpc) is 2.12. The van der Waals surface area contributed by atoms with Gasteiger partial charge in [-0.3, -0.25) is 4.79 Å². The molecule has 1 aliphatic heterocycles. The number of benzene rings is 1. The summed E-state index contributed by atoms with van der Waals surface area (Å²) in [5.74, 6) is 0.708. The molecular weight excluding hydrogens is 170 g/mol. The molecule has 0 aliphatic carbocycles. The molecule has 0 spiro atoms. The van der Waals surface area contributed by atoms with Gasteiger partial charge in [0.15, 0.2) is 0 Å². The Kier molecular flexibility index (Phi) is 1.81. The second kappa shape index (κ2) is 2.83. The summed E-state index contributed by atoms with van der Waals surface area (Å²) in [6.07, 6.45) is 0. The Morgan fingerprint density at radius 1 is 1.67 bits per heavy atom. The summed E-state index contributed by atoms with van der Waals surface area (Å²) < 4.78 is 0. The van der Waals surface area contributed by atoms with Crippen LogP contribution in [0, 0.1) is 6.07 Å². The van der Waals surface area contributed by atoms with Crippen molar-refractivity contribution in [2.24, 2.45) is 0 Å². The van der Waals surface area contributed by atoms with Crippen LogP contribution in [0.15, 0.2) is 23.1 Å². The third-order valence-electron chi connectivity index (χ3n) is 1.89. The molecule has 1 aromatic carbocycles. The lowest BCUT2D eigenvalue weighted by molar-refractivity contribution is -0.116. The van der Waals surface area contributed by atoms with E-state index in [1.165, 1.54) is 0 Å². The SMILES string of the molecule is CN1C(=O)CSc2cc[c]cc21. The highest BCUT2D eigenvalue weighted by Gasteiger charge is 2.20. The van der Waals surface area contributed by atoms with E-state index in [-0.39, 0.29) is 5.91 Å². The van der Waals surface area contributed by atoms with Crippen molar-refractivity contribution in [3.63, 3.8) is 0 Å². The summed E-state index contributed by atoms with van der Waals surface area (Å²) in [7, 11) is 1.80. The zero-order valence-corrected chi connectivity index (χ0v) is 7.52. The zero-order valence-electron chi connectivity index (χ0n) is 6.70. The molecule has 12 heavy (non-hydrogen) atoms. The van der Waals surface area contributed by atoms with E-state index >= 15 is 0 Å². The molecule has 61 valence electrons. The van der Waals surface area contributed by atoms with Crippen LogP contribution in [0.25, 0.3) is 0 Å². The number of fused-ring (bicyclic) bond motifs is 1. The van der Waals surface area contributed by atoms with E-state index in [4.69, 9.17) is 0 Å². The Morgan fingerprint density at radius 2 is 2.50 bits per heavy atom. The molecule has 0 fully saturated rings. The molecule has 0 bridgehead atoms. The molecule has 2 rings (SSSR count). The second-order valence-corrected chi connectivity index (χ2v) is 3.65. The third kappa shape index (κ3) is 1.10. The topological polar surface area (TPSA) is 20.3 Å². The second-order valence-electron chi connectivity index (χ2n) is 2.64. The van der Waals surface area contributed by atoms with E-state index in [0.717, 1.165) is 10.6 Å². The summed E-state index contributed by atoms with van der Waals surface area (Å²) in [5.41, 5.74) is 0.971. The van der Waals surface area contributed by atoms with Crippen LogP contribution in [0.3, 0.4) is 0 Å². The number of amides is 1. The summed E-state index contributed by atoms with van der Waals surface area (Å²) >= 11 is 1.59. The molecule has 1 amide bonds. The molecule has 2 nitrogen and oxygen atoms in total. The summed E-state index contributed by atoms with van der Waals surface area (Å²) in [4.78, 5) is 14.1. The first-order chi connectivity index (χ1) is 5.79. The van der Waals surface area contributed by atoms with Crippen LogP contribution in [-0.2, 0) is 4.79 Å². The zero-order chi connectivity index (χ0) is 8.55. The molecule has 1 heterocycles. The minimum atomic E-state index is 0.159. The Morgan fingerprint density at radius 3 is 3.33 bits per heavy atom. The fraction of sp³-hybridized carbons (Fsp3) is 0.222. The average molecular weight is 178 g/mol. The predicted molar refractivity (Wildman–Crippen MR) is 49.4 cm³/mol. The van der Waals surface area contributed by atoms with Crippen LogP contribution < -0.4 is 4.90 Å². The van der Waals surface area contributed by atoms with Crippen molar-refractivity contribution in [2.75, 3.05) is 17.7 Å². The largest absolute Gasteiger partial charge is 0.314 e. The summed E-state index contributed by atoms with van der Waals surface area (Å²) in [6.45, 7) is 0. The van der Waals surface area contributed by atoms with Gasteiger partial charge >= 0.3 is 0 Å². The number of rotatable bonds is 0. The molecule has 0 saturated heterocycles. The standard InChI is InChI=1S/C9H8NOS/c1-10-7-4-2-3-5-8(7)12-6-9(10)11/h3-5H,6H2,1H3. The van der Waals surface area contributed by atoms with Gasteiger partial charge in [-0.15, -0.1) is 11.8 Å². The molecule has 1 aromatic rings. The lowest BCUT2D eigenvalue weighted by Gasteiger charge is -2.24. The molecule has 3 heteroatoms. The van der Waals surface area contributed by atoms with Gasteiger partial charge in [0.25, 0.3) is 0 Å². The number of carbonyl (C=O) groups excluding carboxylic acids is 1. The van der Waals surface area contributed by atoms with Gasteiger partial charge in [-0.25, -0.2) is 0 Å². The first kappa shape index (κ1) is 7.68. The first-order valence-corrected chi connectivity index (χ1v) is 4.67. The Balaban J connectivity index is 2.48. The Hall–Kier alpha value is -0.960. The minimum absolute atomic E-state index is 0.159. The van der Waals surface area contributed by atoms with Crippen LogP contribution in [0.4, 0.5) is 5.69 Å². The maximum atomic E-state index is 11.2. The van der Waals surface area contributed by atoms with Crippen molar-refractivity contribution >= 4 is 23.4 Å². The smallest absolute Gasteiger partial charge is 0.237 e. The Bertz CT molecular complexity index is 324. The Labute approximate surface area is 75.6 Å². The minimum Gasteiger partial charge on any atom is -0.314 e. The van der Waals surface area contributed by atoms with E-state index in [2.05, 4.69) is 6.07 Å². The first-order valence-electron chi connectivity index (χ1n) is 3.68. The summed E-state index contributed by atoms with van der Waals surface area (Å²) in [6, 6.07) is 8.67. The van der Waals surface area contributed by atoms with Crippen LogP contribution >= 0.6 is 11.8 Å². The van der Waals surface area contributed by atoms with Crippen LogP contribution in [-0.4, -0.2) is 18.7 Å². The van der Waals surface area contributed by atoms with E-state index < -0.39 is 0 Å². The predicted octanol–water partition coefficient (Wildman–Crippen LogP) is 1.56. The van der Waals surface area contributed by atoms with Crippen LogP contribution in [0.2, 0.25) is 0 Å². The lowest BCUT2D eigenvalue weighted by atomic mass is 10.3. The van der Waals surface area contributed by atoms with Crippen LogP contribution in [0.1, 0.15) is 0 Å². The third-order valence-corrected chi connectivity index (χ3v) is 2.94. The number of carbonyl (C=O) groups is 1. The highest BCUT2D eigenvalue weighted by Crippen LogP contribution is 2.33. The van der Waals surface area contributed by atoms with Crippen molar-refractivity contribution in [3.8, 4) is 0 Å². The van der Waals surface area contributed by atoms with Gasteiger partial charge in [-0.2, -0.15) is 0 Å². The number of thioether (sulfide) groups is 1. The molecule has 1 aliphatic rings. The van der Waals surface area contributed by atoms with Gasteiger partial charge in [0.05, 0.1) is 11.4 Å². The molecule has 0 aromatic heterocycles. The van der Waals surface area contributed by atoms with E-state index in [1.807, 2.05) is 18.2 Å². The van der Waals surface area contributed by atoms with Crippen molar-refractivity contribution in [3.05, 3.63) is 24.3 Å².